The van der Waals surface area contributed by atoms with Crippen molar-refractivity contribution in [1.82, 2.24) is 4.90 Å². The van der Waals surface area contributed by atoms with Crippen LogP contribution in [0.25, 0.3) is 55.5 Å². The van der Waals surface area contributed by atoms with Gasteiger partial charge in [-0.05, 0) is 47.7 Å². The first-order valence-electron chi connectivity index (χ1n) is 13.9. The standard InChI is InChI=1S/C37H31NO2/c1-3-38(4-2)37(39)31-25-30-32(26-17-9-5-10-18-26)33(27-19-11-6-12-20-27)34(28-21-13-7-14-22-28)35(36(30)40-31)29-23-15-8-16-24-29/h5-25H,3-4H2,1-2H3. The lowest BCUT2D eigenvalue weighted by Crippen LogP contribution is -2.30. The van der Waals surface area contributed by atoms with E-state index in [1.54, 1.807) is 4.90 Å². The Hall–Kier alpha value is -4.89. The number of fused-ring (bicyclic) bond motifs is 1. The van der Waals surface area contributed by atoms with Crippen LogP contribution in [0.4, 0.5) is 0 Å². The molecular formula is C37H31NO2. The molecule has 0 aliphatic rings. The predicted octanol–water partition coefficient (Wildman–Crippen LogP) is 9.58. The van der Waals surface area contributed by atoms with Gasteiger partial charge in [-0.1, -0.05) is 121 Å². The number of hydrogen-bond donors (Lipinski definition) is 0. The highest BCUT2D eigenvalue weighted by atomic mass is 16.3. The summed E-state index contributed by atoms with van der Waals surface area (Å²) in [6.45, 7) is 5.23. The van der Waals surface area contributed by atoms with Crippen molar-refractivity contribution >= 4 is 16.9 Å². The van der Waals surface area contributed by atoms with E-state index in [0.717, 1.165) is 55.5 Å². The third-order valence-electron chi connectivity index (χ3n) is 7.49. The molecule has 6 aromatic rings. The van der Waals surface area contributed by atoms with Crippen molar-refractivity contribution in [2.45, 2.75) is 13.8 Å². The Morgan fingerprint density at radius 3 is 1.35 bits per heavy atom. The molecule has 5 aromatic carbocycles. The molecule has 1 aromatic heterocycles. The largest absolute Gasteiger partial charge is 0.450 e. The van der Waals surface area contributed by atoms with E-state index < -0.39 is 0 Å². The fraction of sp³-hybridized carbons (Fsp3) is 0.108. The average molecular weight is 522 g/mol. The number of benzene rings is 5. The second-order valence-electron chi connectivity index (χ2n) is 9.79. The van der Waals surface area contributed by atoms with Gasteiger partial charge >= 0.3 is 0 Å². The van der Waals surface area contributed by atoms with Crippen LogP contribution in [0.15, 0.2) is 132 Å². The second-order valence-corrected chi connectivity index (χ2v) is 9.79. The highest BCUT2D eigenvalue weighted by Crippen LogP contribution is 2.51. The normalized spacial score (nSPS) is 11.1. The Morgan fingerprint density at radius 2 is 0.925 bits per heavy atom. The number of nitrogens with zero attached hydrogens (tertiary/aromatic N) is 1. The number of carbonyl (C=O) groups excluding carboxylic acids is 1. The molecule has 0 unspecified atom stereocenters. The Bertz CT molecular complexity index is 1630. The van der Waals surface area contributed by atoms with Crippen LogP contribution in [0.5, 0.6) is 0 Å². The lowest BCUT2D eigenvalue weighted by atomic mass is 9.81. The van der Waals surface area contributed by atoms with Crippen molar-refractivity contribution in [1.29, 1.82) is 0 Å². The lowest BCUT2D eigenvalue weighted by molar-refractivity contribution is 0.0743. The molecule has 0 N–H and O–H groups in total. The van der Waals surface area contributed by atoms with Crippen LogP contribution in [0.2, 0.25) is 0 Å². The summed E-state index contributed by atoms with van der Waals surface area (Å²) in [5.41, 5.74) is 9.28. The van der Waals surface area contributed by atoms with Crippen molar-refractivity contribution in [3.63, 3.8) is 0 Å². The van der Waals surface area contributed by atoms with Crippen molar-refractivity contribution in [3.8, 4) is 44.5 Å². The lowest BCUT2D eigenvalue weighted by Gasteiger charge is -2.22. The van der Waals surface area contributed by atoms with Crippen molar-refractivity contribution in [2.24, 2.45) is 0 Å². The minimum absolute atomic E-state index is 0.0956. The summed E-state index contributed by atoms with van der Waals surface area (Å²) in [5, 5.41) is 0.930. The van der Waals surface area contributed by atoms with Gasteiger partial charge in [-0.15, -0.1) is 0 Å². The maximum absolute atomic E-state index is 13.6. The molecule has 3 heteroatoms. The molecule has 6 rings (SSSR count). The van der Waals surface area contributed by atoms with Gasteiger partial charge in [0.1, 0.15) is 5.58 Å². The monoisotopic (exact) mass is 521 g/mol. The van der Waals surface area contributed by atoms with Crippen molar-refractivity contribution < 1.29 is 9.21 Å². The minimum Gasteiger partial charge on any atom is -0.450 e. The molecular weight excluding hydrogens is 490 g/mol. The summed E-state index contributed by atoms with van der Waals surface area (Å²) in [5.74, 6) is 0.263. The third kappa shape index (κ3) is 4.50. The van der Waals surface area contributed by atoms with Gasteiger partial charge in [0, 0.05) is 35.2 Å². The molecule has 0 saturated heterocycles. The van der Waals surface area contributed by atoms with Crippen molar-refractivity contribution in [3.05, 3.63) is 133 Å². The van der Waals surface area contributed by atoms with E-state index in [9.17, 15) is 4.79 Å². The molecule has 0 fully saturated rings. The van der Waals surface area contributed by atoms with Crippen LogP contribution in [-0.4, -0.2) is 23.9 Å². The molecule has 0 radical (unpaired) electrons. The van der Waals surface area contributed by atoms with Gasteiger partial charge in [0.25, 0.3) is 5.91 Å². The molecule has 0 saturated carbocycles. The fourth-order valence-electron chi connectivity index (χ4n) is 5.60. The molecule has 1 amide bonds. The summed E-state index contributed by atoms with van der Waals surface area (Å²) in [7, 11) is 0. The second kappa shape index (κ2) is 11.1. The van der Waals surface area contributed by atoms with E-state index in [4.69, 9.17) is 4.42 Å². The highest BCUT2D eigenvalue weighted by molar-refractivity contribution is 6.17. The number of hydrogen-bond acceptors (Lipinski definition) is 2. The van der Waals surface area contributed by atoms with E-state index in [1.807, 2.05) is 56.3 Å². The van der Waals surface area contributed by atoms with Crippen molar-refractivity contribution in [2.75, 3.05) is 13.1 Å². The summed E-state index contributed by atoms with van der Waals surface area (Å²) in [4.78, 5) is 15.4. The highest BCUT2D eigenvalue weighted by Gasteiger charge is 2.28. The summed E-state index contributed by atoms with van der Waals surface area (Å²) < 4.78 is 6.62. The zero-order valence-electron chi connectivity index (χ0n) is 22.8. The zero-order chi connectivity index (χ0) is 27.5. The average Bonchev–Trinajstić information content (AvgIpc) is 3.47. The fourth-order valence-corrected chi connectivity index (χ4v) is 5.60. The Kier molecular flexibility index (Phi) is 7.03. The molecule has 3 nitrogen and oxygen atoms in total. The molecule has 0 aliphatic carbocycles. The molecule has 0 atom stereocenters. The minimum atomic E-state index is -0.0956. The summed E-state index contributed by atoms with van der Waals surface area (Å²) >= 11 is 0. The summed E-state index contributed by atoms with van der Waals surface area (Å²) in [6, 6.07) is 43.8. The summed E-state index contributed by atoms with van der Waals surface area (Å²) in [6.07, 6.45) is 0. The SMILES string of the molecule is CCN(CC)C(=O)c1cc2c(-c3ccccc3)c(-c3ccccc3)c(-c3ccccc3)c(-c3ccccc3)c2o1. The van der Waals surface area contributed by atoms with Crippen LogP contribution in [0.1, 0.15) is 24.4 Å². The first-order valence-corrected chi connectivity index (χ1v) is 13.9. The molecule has 0 bridgehead atoms. The van der Waals surface area contributed by atoms with E-state index in [2.05, 4.69) is 84.9 Å². The predicted molar refractivity (Wildman–Crippen MR) is 165 cm³/mol. The van der Waals surface area contributed by atoms with Gasteiger partial charge in [0.05, 0.1) is 0 Å². The van der Waals surface area contributed by atoms with Gasteiger partial charge in [-0.3, -0.25) is 4.79 Å². The van der Waals surface area contributed by atoms with Gasteiger partial charge in [0.15, 0.2) is 5.76 Å². The maximum Gasteiger partial charge on any atom is 0.289 e. The number of furan rings is 1. The molecule has 0 aliphatic heterocycles. The first-order chi connectivity index (χ1) is 19.7. The molecule has 1 heterocycles. The number of amides is 1. The molecule has 40 heavy (non-hydrogen) atoms. The quantitative estimate of drug-likeness (QED) is 0.210. The van der Waals surface area contributed by atoms with Crippen LogP contribution >= 0.6 is 0 Å². The van der Waals surface area contributed by atoms with E-state index in [-0.39, 0.29) is 5.91 Å². The first kappa shape index (κ1) is 25.4. The number of rotatable bonds is 7. The van der Waals surface area contributed by atoms with Crippen LogP contribution in [0.3, 0.4) is 0 Å². The maximum atomic E-state index is 13.6. The van der Waals surface area contributed by atoms with Crippen LogP contribution in [-0.2, 0) is 0 Å². The van der Waals surface area contributed by atoms with E-state index >= 15 is 0 Å². The molecule has 0 spiro atoms. The number of carbonyl (C=O) groups is 1. The third-order valence-corrected chi connectivity index (χ3v) is 7.49. The Labute approximate surface area is 235 Å². The van der Waals surface area contributed by atoms with Gasteiger partial charge in [-0.25, -0.2) is 0 Å². The topological polar surface area (TPSA) is 33.5 Å². The van der Waals surface area contributed by atoms with Gasteiger partial charge in [0.2, 0.25) is 0 Å². The molecule has 196 valence electrons. The Balaban J connectivity index is 1.85. The zero-order valence-corrected chi connectivity index (χ0v) is 22.8. The van der Waals surface area contributed by atoms with Gasteiger partial charge in [-0.2, -0.15) is 0 Å². The van der Waals surface area contributed by atoms with E-state index in [1.165, 1.54) is 0 Å². The van der Waals surface area contributed by atoms with Gasteiger partial charge < -0.3 is 9.32 Å². The van der Waals surface area contributed by atoms with Crippen LogP contribution < -0.4 is 0 Å². The van der Waals surface area contributed by atoms with Crippen LogP contribution in [0, 0.1) is 0 Å². The Morgan fingerprint density at radius 1 is 0.550 bits per heavy atom. The smallest absolute Gasteiger partial charge is 0.289 e. The van der Waals surface area contributed by atoms with E-state index in [0.29, 0.717) is 18.8 Å².